The predicted octanol–water partition coefficient (Wildman–Crippen LogP) is 1.43. The van der Waals surface area contributed by atoms with E-state index < -0.39 is 19.5 Å². The molecule has 2 aromatic rings. The van der Waals surface area contributed by atoms with Gasteiger partial charge in [-0.15, -0.1) is 0 Å². The van der Waals surface area contributed by atoms with Crippen LogP contribution in [0.25, 0.3) is 0 Å². The molecule has 18 heavy (non-hydrogen) atoms. The fourth-order valence-electron chi connectivity index (χ4n) is 1.56. The Balaban J connectivity index is 2.26. The standard InChI is InChI=1S/C14H14FNOTe/c1-16(2)12-5-9-14(10-6-12)18(17)13-7-3-11(15)4-8-13/h3-10H,1-2H3. The SMILES string of the molecule is CN(C)c1ccc([Te](=O)c2ccc(F)cc2)cc1. The maximum atomic E-state index is 12.8. The Morgan fingerprint density at radius 3 is 1.78 bits per heavy atom. The molecule has 0 heterocycles. The van der Waals surface area contributed by atoms with E-state index in [1.165, 1.54) is 12.1 Å². The maximum absolute atomic E-state index is 12.8. The van der Waals surface area contributed by atoms with Crippen LogP contribution in [0.2, 0.25) is 0 Å². The van der Waals surface area contributed by atoms with E-state index in [0.717, 1.165) is 12.9 Å². The van der Waals surface area contributed by atoms with Gasteiger partial charge in [0.05, 0.1) is 0 Å². The van der Waals surface area contributed by atoms with E-state index in [9.17, 15) is 7.49 Å². The van der Waals surface area contributed by atoms with Gasteiger partial charge in [-0.3, -0.25) is 0 Å². The van der Waals surface area contributed by atoms with Gasteiger partial charge >= 0.3 is 113 Å². The van der Waals surface area contributed by atoms with Crippen molar-refractivity contribution in [1.82, 2.24) is 0 Å². The zero-order valence-corrected chi connectivity index (χ0v) is 12.6. The molecule has 0 saturated carbocycles. The summed E-state index contributed by atoms with van der Waals surface area (Å²) >= 11 is -2.75. The summed E-state index contributed by atoms with van der Waals surface area (Å²) in [6, 6.07) is 13.6. The Labute approximate surface area is 113 Å². The summed E-state index contributed by atoms with van der Waals surface area (Å²) in [4.78, 5) is 1.99. The zero-order chi connectivity index (χ0) is 13.1. The van der Waals surface area contributed by atoms with Gasteiger partial charge in [0, 0.05) is 0 Å². The van der Waals surface area contributed by atoms with Gasteiger partial charge in [-0.1, -0.05) is 0 Å². The number of nitrogens with zero attached hydrogens (tertiary/aromatic N) is 1. The van der Waals surface area contributed by atoms with Crippen molar-refractivity contribution in [3.05, 3.63) is 54.3 Å². The second kappa shape index (κ2) is 5.60. The van der Waals surface area contributed by atoms with Crippen molar-refractivity contribution in [3.8, 4) is 0 Å². The molecule has 2 rings (SSSR count). The Kier molecular flexibility index (Phi) is 4.11. The molecular formula is C14H14FNOTe. The summed E-state index contributed by atoms with van der Waals surface area (Å²) in [6.07, 6.45) is 0. The molecule has 0 atom stereocenters. The average molecular weight is 359 g/mol. The second-order valence-corrected chi connectivity index (χ2v) is 8.34. The summed E-state index contributed by atoms with van der Waals surface area (Å²) in [5.41, 5.74) is 1.07. The average Bonchev–Trinajstić information content (AvgIpc) is 2.39. The molecule has 0 radical (unpaired) electrons. The van der Waals surface area contributed by atoms with E-state index in [2.05, 4.69) is 0 Å². The molecule has 0 aliphatic carbocycles. The van der Waals surface area contributed by atoms with Crippen LogP contribution in [0.4, 0.5) is 10.1 Å². The third kappa shape index (κ3) is 2.95. The van der Waals surface area contributed by atoms with E-state index in [4.69, 9.17) is 0 Å². The fraction of sp³-hybridized carbons (Fsp3) is 0.143. The van der Waals surface area contributed by atoms with Crippen LogP contribution in [0.15, 0.2) is 48.5 Å². The first kappa shape index (κ1) is 13.2. The third-order valence-corrected chi connectivity index (χ3v) is 6.59. The van der Waals surface area contributed by atoms with Gasteiger partial charge in [-0.25, -0.2) is 0 Å². The van der Waals surface area contributed by atoms with E-state index in [1.807, 2.05) is 43.3 Å². The molecule has 0 spiro atoms. The number of anilines is 1. The molecule has 0 saturated heterocycles. The first-order valence-corrected chi connectivity index (χ1v) is 8.81. The topological polar surface area (TPSA) is 20.3 Å². The Hall–Kier alpha value is -1.24. The first-order valence-electron chi connectivity index (χ1n) is 5.52. The predicted molar refractivity (Wildman–Crippen MR) is 72.9 cm³/mol. The van der Waals surface area contributed by atoms with Crippen molar-refractivity contribution in [1.29, 1.82) is 0 Å². The zero-order valence-electron chi connectivity index (χ0n) is 10.3. The summed E-state index contributed by atoms with van der Waals surface area (Å²) < 4.78 is 26.8. The molecule has 0 bridgehead atoms. The van der Waals surface area contributed by atoms with Crippen LogP contribution in [0.3, 0.4) is 0 Å². The molecule has 4 heteroatoms. The van der Waals surface area contributed by atoms with Crippen LogP contribution >= 0.6 is 0 Å². The van der Waals surface area contributed by atoms with Crippen molar-refractivity contribution in [2.45, 2.75) is 0 Å². The third-order valence-electron chi connectivity index (χ3n) is 2.59. The molecule has 0 N–H and O–H groups in total. The van der Waals surface area contributed by atoms with Gasteiger partial charge in [0.2, 0.25) is 0 Å². The van der Waals surface area contributed by atoms with Crippen molar-refractivity contribution < 1.29 is 7.49 Å². The van der Waals surface area contributed by atoms with Crippen LogP contribution in [0.1, 0.15) is 0 Å². The molecule has 0 fully saturated rings. The van der Waals surface area contributed by atoms with Crippen molar-refractivity contribution in [2.24, 2.45) is 0 Å². The second-order valence-electron chi connectivity index (χ2n) is 4.11. The van der Waals surface area contributed by atoms with E-state index >= 15 is 0 Å². The number of benzene rings is 2. The molecule has 0 aromatic heterocycles. The minimum atomic E-state index is -2.75. The fourth-order valence-corrected chi connectivity index (χ4v) is 4.53. The Morgan fingerprint density at radius 1 is 0.889 bits per heavy atom. The van der Waals surface area contributed by atoms with Gasteiger partial charge in [0.1, 0.15) is 0 Å². The summed E-state index contributed by atoms with van der Waals surface area (Å²) in [6.45, 7) is 0. The number of hydrogen-bond donors (Lipinski definition) is 0. The van der Waals surface area contributed by atoms with Gasteiger partial charge < -0.3 is 0 Å². The molecule has 0 aliphatic rings. The van der Waals surface area contributed by atoms with Gasteiger partial charge in [-0.2, -0.15) is 0 Å². The van der Waals surface area contributed by atoms with Crippen molar-refractivity contribution in [2.75, 3.05) is 19.0 Å². The van der Waals surface area contributed by atoms with E-state index in [-0.39, 0.29) is 5.82 Å². The molecule has 2 aromatic carbocycles. The molecule has 2 nitrogen and oxygen atoms in total. The number of hydrogen-bond acceptors (Lipinski definition) is 2. The minimum absolute atomic E-state index is 0.298. The van der Waals surface area contributed by atoms with Crippen molar-refractivity contribution in [3.63, 3.8) is 0 Å². The van der Waals surface area contributed by atoms with Crippen LogP contribution in [-0.4, -0.2) is 33.6 Å². The number of halogens is 1. The van der Waals surface area contributed by atoms with E-state index in [0.29, 0.717) is 0 Å². The molecular weight excluding hydrogens is 345 g/mol. The van der Waals surface area contributed by atoms with Gasteiger partial charge in [0.15, 0.2) is 0 Å². The van der Waals surface area contributed by atoms with Gasteiger partial charge in [-0.05, 0) is 0 Å². The first-order chi connectivity index (χ1) is 8.58. The Morgan fingerprint density at radius 2 is 1.33 bits per heavy atom. The van der Waals surface area contributed by atoms with Crippen LogP contribution in [-0.2, 0) is 3.10 Å². The summed E-state index contributed by atoms with van der Waals surface area (Å²) in [5, 5.41) is 0. The number of rotatable bonds is 3. The van der Waals surface area contributed by atoms with Crippen LogP contribution in [0.5, 0.6) is 0 Å². The van der Waals surface area contributed by atoms with Crippen molar-refractivity contribution >= 4 is 32.4 Å². The molecule has 0 amide bonds. The van der Waals surface area contributed by atoms with Crippen LogP contribution < -0.4 is 12.1 Å². The van der Waals surface area contributed by atoms with Crippen LogP contribution in [0, 0.1) is 5.82 Å². The quantitative estimate of drug-likeness (QED) is 0.774. The summed E-state index contributed by atoms with van der Waals surface area (Å²) in [7, 11) is 3.92. The summed E-state index contributed by atoms with van der Waals surface area (Å²) in [5.74, 6) is -0.298. The van der Waals surface area contributed by atoms with E-state index in [1.54, 1.807) is 12.1 Å². The Bertz CT molecular complexity index is 549. The van der Waals surface area contributed by atoms with Gasteiger partial charge in [0.25, 0.3) is 0 Å². The molecule has 94 valence electrons. The monoisotopic (exact) mass is 361 g/mol. The molecule has 0 aliphatic heterocycles. The molecule has 0 unspecified atom stereocenters. The normalized spacial score (nSPS) is 10.7.